The maximum absolute atomic E-state index is 13.0. The van der Waals surface area contributed by atoms with Gasteiger partial charge in [-0.05, 0) is 42.8 Å². The maximum Gasteiger partial charge on any atom is 0.322 e. The second-order valence-electron chi connectivity index (χ2n) is 7.30. The quantitative estimate of drug-likeness (QED) is 0.415. The van der Waals surface area contributed by atoms with E-state index in [0.717, 1.165) is 22.4 Å². The van der Waals surface area contributed by atoms with Crippen LogP contribution in [0.2, 0.25) is 5.02 Å². The number of aromatic amines is 1. The summed E-state index contributed by atoms with van der Waals surface area (Å²) < 4.78 is 0. The SMILES string of the molecule is Cc1ccc(CN(CCc2nc3ccccc3[nH]2)C(=O)Nc2cccc(Cl)c2)cc1. The monoisotopic (exact) mass is 418 g/mol. The van der Waals surface area contributed by atoms with Gasteiger partial charge in [0.2, 0.25) is 0 Å². The molecule has 2 amide bonds. The van der Waals surface area contributed by atoms with Gasteiger partial charge in [-0.15, -0.1) is 0 Å². The van der Waals surface area contributed by atoms with Crippen molar-refractivity contribution in [3.63, 3.8) is 0 Å². The second-order valence-corrected chi connectivity index (χ2v) is 7.73. The predicted molar refractivity (Wildman–Crippen MR) is 122 cm³/mol. The van der Waals surface area contributed by atoms with Crippen molar-refractivity contribution in [1.29, 1.82) is 0 Å². The molecule has 0 aliphatic carbocycles. The van der Waals surface area contributed by atoms with Gasteiger partial charge in [0.15, 0.2) is 0 Å². The van der Waals surface area contributed by atoms with E-state index in [1.807, 2.05) is 36.4 Å². The Morgan fingerprint density at radius 2 is 1.87 bits per heavy atom. The topological polar surface area (TPSA) is 61.0 Å². The molecular weight excluding hydrogens is 396 g/mol. The number of rotatable bonds is 6. The summed E-state index contributed by atoms with van der Waals surface area (Å²) >= 11 is 6.06. The number of urea groups is 1. The molecule has 1 heterocycles. The third-order valence-corrected chi connectivity index (χ3v) is 5.15. The maximum atomic E-state index is 13.0. The highest BCUT2D eigenvalue weighted by Gasteiger charge is 2.16. The van der Waals surface area contributed by atoms with Crippen LogP contribution in [0.3, 0.4) is 0 Å². The third-order valence-electron chi connectivity index (χ3n) is 4.91. The Morgan fingerprint density at radius 1 is 1.07 bits per heavy atom. The number of fused-ring (bicyclic) bond motifs is 1. The lowest BCUT2D eigenvalue weighted by Crippen LogP contribution is -2.36. The second kappa shape index (κ2) is 9.01. The fourth-order valence-electron chi connectivity index (χ4n) is 3.30. The standard InChI is InChI=1S/C24H23ClN4O/c1-17-9-11-18(12-10-17)16-29(24(30)26-20-6-4-5-19(25)15-20)14-13-23-27-21-7-2-3-8-22(21)28-23/h2-12,15H,13-14,16H2,1H3,(H,26,30)(H,27,28). The highest BCUT2D eigenvalue weighted by molar-refractivity contribution is 6.30. The van der Waals surface area contributed by atoms with Crippen molar-refractivity contribution in [2.75, 3.05) is 11.9 Å². The Bertz CT molecular complexity index is 1120. The first-order valence-corrected chi connectivity index (χ1v) is 10.3. The van der Waals surface area contributed by atoms with Crippen molar-refractivity contribution in [3.05, 3.63) is 94.8 Å². The van der Waals surface area contributed by atoms with E-state index < -0.39 is 0 Å². The molecular formula is C24H23ClN4O. The summed E-state index contributed by atoms with van der Waals surface area (Å²) in [6.45, 7) is 3.09. The van der Waals surface area contributed by atoms with Gasteiger partial charge < -0.3 is 15.2 Å². The molecule has 5 nitrogen and oxygen atoms in total. The number of aromatic nitrogens is 2. The van der Waals surface area contributed by atoms with Crippen LogP contribution >= 0.6 is 11.6 Å². The molecule has 0 bridgehead atoms. The van der Waals surface area contributed by atoms with Gasteiger partial charge in [-0.1, -0.05) is 59.6 Å². The Hall–Kier alpha value is -3.31. The molecule has 1 aromatic heterocycles. The number of halogens is 1. The predicted octanol–water partition coefficient (Wildman–Crippen LogP) is 5.80. The number of benzene rings is 3. The minimum absolute atomic E-state index is 0.172. The summed E-state index contributed by atoms with van der Waals surface area (Å²) in [5.74, 6) is 0.862. The van der Waals surface area contributed by atoms with E-state index in [1.54, 1.807) is 17.0 Å². The largest absolute Gasteiger partial charge is 0.342 e. The average molecular weight is 419 g/mol. The lowest BCUT2D eigenvalue weighted by molar-refractivity contribution is 0.209. The number of amides is 2. The van der Waals surface area contributed by atoms with Crippen LogP contribution < -0.4 is 5.32 Å². The van der Waals surface area contributed by atoms with Gasteiger partial charge in [0.25, 0.3) is 0 Å². The van der Waals surface area contributed by atoms with Gasteiger partial charge in [-0.25, -0.2) is 9.78 Å². The Kier molecular flexibility index (Phi) is 6.00. The van der Waals surface area contributed by atoms with Crippen LogP contribution in [0.5, 0.6) is 0 Å². The number of H-pyrrole nitrogens is 1. The molecule has 0 saturated heterocycles. The van der Waals surface area contributed by atoms with Crippen LogP contribution in [0.25, 0.3) is 11.0 Å². The molecule has 0 spiro atoms. The van der Waals surface area contributed by atoms with E-state index in [9.17, 15) is 4.79 Å². The summed E-state index contributed by atoms with van der Waals surface area (Å²) in [6.07, 6.45) is 0.628. The molecule has 0 radical (unpaired) electrons. The van der Waals surface area contributed by atoms with Gasteiger partial charge in [0.05, 0.1) is 11.0 Å². The molecule has 30 heavy (non-hydrogen) atoms. The minimum Gasteiger partial charge on any atom is -0.342 e. The number of imidazole rings is 1. The number of aryl methyl sites for hydroxylation is 1. The van der Waals surface area contributed by atoms with Crippen LogP contribution in [0.15, 0.2) is 72.8 Å². The first kappa shape index (κ1) is 20.0. The molecule has 0 aliphatic rings. The van der Waals surface area contributed by atoms with Crippen LogP contribution in [0.1, 0.15) is 17.0 Å². The highest BCUT2D eigenvalue weighted by atomic mass is 35.5. The molecule has 6 heteroatoms. The summed E-state index contributed by atoms with van der Waals surface area (Å²) in [5.41, 5.74) is 4.87. The van der Waals surface area contributed by atoms with Crippen LogP contribution in [-0.2, 0) is 13.0 Å². The summed E-state index contributed by atoms with van der Waals surface area (Å²) in [7, 11) is 0. The molecule has 4 aromatic rings. The van der Waals surface area contributed by atoms with E-state index in [2.05, 4.69) is 46.5 Å². The van der Waals surface area contributed by atoms with E-state index in [-0.39, 0.29) is 6.03 Å². The number of hydrogen-bond donors (Lipinski definition) is 2. The first-order valence-electron chi connectivity index (χ1n) is 9.87. The lowest BCUT2D eigenvalue weighted by atomic mass is 10.1. The zero-order valence-corrected chi connectivity index (χ0v) is 17.5. The summed E-state index contributed by atoms with van der Waals surface area (Å²) in [6, 6.07) is 23.1. The molecule has 3 aromatic carbocycles. The van der Waals surface area contributed by atoms with E-state index in [4.69, 9.17) is 11.6 Å². The van der Waals surface area contributed by atoms with Gasteiger partial charge >= 0.3 is 6.03 Å². The number of carbonyl (C=O) groups is 1. The Morgan fingerprint density at radius 3 is 2.63 bits per heavy atom. The number of nitrogens with one attached hydrogen (secondary N) is 2. The highest BCUT2D eigenvalue weighted by Crippen LogP contribution is 2.17. The number of para-hydroxylation sites is 2. The van der Waals surface area contributed by atoms with Crippen LogP contribution in [-0.4, -0.2) is 27.4 Å². The molecule has 0 unspecified atom stereocenters. The summed E-state index contributed by atoms with van der Waals surface area (Å²) in [5, 5.41) is 3.53. The van der Waals surface area contributed by atoms with Crippen molar-refractivity contribution >= 4 is 34.4 Å². The number of carbonyl (C=O) groups excluding carboxylic acids is 1. The van der Waals surface area contributed by atoms with Gasteiger partial charge in [0.1, 0.15) is 5.82 Å². The van der Waals surface area contributed by atoms with E-state index in [0.29, 0.717) is 30.2 Å². The van der Waals surface area contributed by atoms with Crippen molar-refractivity contribution in [2.24, 2.45) is 0 Å². The minimum atomic E-state index is -0.172. The van der Waals surface area contributed by atoms with Crippen molar-refractivity contribution in [1.82, 2.24) is 14.9 Å². The first-order chi connectivity index (χ1) is 14.6. The van der Waals surface area contributed by atoms with Crippen LogP contribution in [0.4, 0.5) is 10.5 Å². The molecule has 152 valence electrons. The van der Waals surface area contributed by atoms with E-state index in [1.165, 1.54) is 5.56 Å². The molecule has 0 fully saturated rings. The normalized spacial score (nSPS) is 10.9. The Labute approximate surface area is 180 Å². The molecule has 0 aliphatic heterocycles. The molecule has 4 rings (SSSR count). The third kappa shape index (κ3) is 4.99. The zero-order valence-electron chi connectivity index (χ0n) is 16.7. The zero-order chi connectivity index (χ0) is 20.9. The van der Waals surface area contributed by atoms with Crippen LogP contribution in [0, 0.1) is 6.92 Å². The molecule has 0 atom stereocenters. The average Bonchev–Trinajstić information content (AvgIpc) is 3.15. The van der Waals surface area contributed by atoms with Crippen molar-refractivity contribution in [2.45, 2.75) is 19.9 Å². The smallest absolute Gasteiger partial charge is 0.322 e. The van der Waals surface area contributed by atoms with E-state index >= 15 is 0 Å². The van der Waals surface area contributed by atoms with Gasteiger partial charge in [0, 0.05) is 30.2 Å². The number of anilines is 1. The fraction of sp³-hybridized carbons (Fsp3) is 0.167. The van der Waals surface area contributed by atoms with Gasteiger partial charge in [-0.3, -0.25) is 0 Å². The fourth-order valence-corrected chi connectivity index (χ4v) is 3.49. The number of nitrogens with zero attached hydrogens (tertiary/aromatic N) is 2. The van der Waals surface area contributed by atoms with Crippen molar-refractivity contribution < 1.29 is 4.79 Å². The molecule has 2 N–H and O–H groups in total. The van der Waals surface area contributed by atoms with Crippen molar-refractivity contribution in [3.8, 4) is 0 Å². The van der Waals surface area contributed by atoms with Gasteiger partial charge in [-0.2, -0.15) is 0 Å². The molecule has 0 saturated carbocycles. The Balaban J connectivity index is 1.50. The lowest BCUT2D eigenvalue weighted by Gasteiger charge is -2.23. The number of hydrogen-bond acceptors (Lipinski definition) is 2. The summed E-state index contributed by atoms with van der Waals surface area (Å²) in [4.78, 5) is 22.8.